The molecule has 1 unspecified atom stereocenters. The van der Waals surface area contributed by atoms with Crippen molar-refractivity contribution in [2.75, 3.05) is 6.61 Å². The van der Waals surface area contributed by atoms with Crippen LogP contribution < -0.4 is 4.74 Å². The van der Waals surface area contributed by atoms with Gasteiger partial charge in [-0.25, -0.2) is 0 Å². The van der Waals surface area contributed by atoms with Crippen molar-refractivity contribution in [3.63, 3.8) is 0 Å². The highest BCUT2D eigenvalue weighted by Crippen LogP contribution is 2.19. The van der Waals surface area contributed by atoms with Gasteiger partial charge in [0.15, 0.2) is 0 Å². The van der Waals surface area contributed by atoms with E-state index in [1.54, 1.807) is 0 Å². The quantitative estimate of drug-likeness (QED) is 0.702. The molecule has 0 spiro atoms. The molecule has 16 heavy (non-hydrogen) atoms. The average molecular weight is 285 g/mol. The van der Waals surface area contributed by atoms with E-state index in [-0.39, 0.29) is 0 Å². The molecule has 1 nitrogen and oxygen atoms in total. The van der Waals surface area contributed by atoms with E-state index >= 15 is 0 Å². The molecule has 2 heteroatoms. The molecule has 0 radical (unpaired) electrons. The first-order valence-electron chi connectivity index (χ1n) is 5.97. The first kappa shape index (κ1) is 13.6. The molecule has 0 saturated carbocycles. The summed E-state index contributed by atoms with van der Waals surface area (Å²) in [6.07, 6.45) is 2.30. The SMILES string of the molecule is CCOc1ccc(CC(Br)CC(C)C)cc1. The van der Waals surface area contributed by atoms with E-state index in [4.69, 9.17) is 4.74 Å². The molecule has 0 fully saturated rings. The minimum Gasteiger partial charge on any atom is -0.494 e. The third kappa shape index (κ3) is 5.02. The van der Waals surface area contributed by atoms with Gasteiger partial charge in [-0.15, -0.1) is 0 Å². The van der Waals surface area contributed by atoms with Gasteiger partial charge in [0.1, 0.15) is 5.75 Å². The van der Waals surface area contributed by atoms with Crippen LogP contribution in [-0.2, 0) is 6.42 Å². The summed E-state index contributed by atoms with van der Waals surface area (Å²) in [5, 5.41) is 0. The zero-order chi connectivity index (χ0) is 12.0. The summed E-state index contributed by atoms with van der Waals surface area (Å²) in [6.45, 7) is 7.25. The van der Waals surface area contributed by atoms with Crippen LogP contribution in [0, 0.1) is 5.92 Å². The highest BCUT2D eigenvalue weighted by atomic mass is 79.9. The minimum absolute atomic E-state index is 0.574. The Morgan fingerprint density at radius 3 is 2.31 bits per heavy atom. The van der Waals surface area contributed by atoms with Crippen LogP contribution in [0.4, 0.5) is 0 Å². The summed E-state index contributed by atoms with van der Waals surface area (Å²) >= 11 is 3.73. The number of hydrogen-bond donors (Lipinski definition) is 0. The number of benzene rings is 1. The molecule has 0 aliphatic heterocycles. The van der Waals surface area contributed by atoms with Crippen molar-refractivity contribution in [1.82, 2.24) is 0 Å². The van der Waals surface area contributed by atoms with Gasteiger partial charge in [-0.2, -0.15) is 0 Å². The molecule has 0 N–H and O–H groups in total. The van der Waals surface area contributed by atoms with Gasteiger partial charge in [0.05, 0.1) is 6.61 Å². The summed E-state index contributed by atoms with van der Waals surface area (Å²) in [6, 6.07) is 8.40. The van der Waals surface area contributed by atoms with E-state index in [1.165, 1.54) is 12.0 Å². The number of hydrogen-bond acceptors (Lipinski definition) is 1. The van der Waals surface area contributed by atoms with Crippen molar-refractivity contribution in [3.05, 3.63) is 29.8 Å². The van der Waals surface area contributed by atoms with Gasteiger partial charge in [-0.1, -0.05) is 41.9 Å². The standard InChI is InChI=1S/C14H21BrO/c1-4-16-14-7-5-12(6-8-14)10-13(15)9-11(2)3/h5-8,11,13H,4,9-10H2,1-3H3. The fourth-order valence-corrected chi connectivity index (χ4v) is 2.86. The number of rotatable bonds is 6. The maximum absolute atomic E-state index is 5.42. The topological polar surface area (TPSA) is 9.23 Å². The predicted octanol–water partition coefficient (Wildman–Crippen LogP) is 4.44. The fraction of sp³-hybridized carbons (Fsp3) is 0.571. The van der Waals surface area contributed by atoms with Gasteiger partial charge in [0.2, 0.25) is 0 Å². The molecule has 0 heterocycles. The highest BCUT2D eigenvalue weighted by Gasteiger charge is 2.07. The second-order valence-electron chi connectivity index (χ2n) is 4.51. The number of halogens is 1. The second-order valence-corrected chi connectivity index (χ2v) is 5.80. The first-order chi connectivity index (χ1) is 7.61. The molecule has 0 aliphatic rings. The van der Waals surface area contributed by atoms with E-state index in [1.807, 2.05) is 19.1 Å². The van der Waals surface area contributed by atoms with E-state index in [9.17, 15) is 0 Å². The summed E-state index contributed by atoms with van der Waals surface area (Å²) in [7, 11) is 0. The minimum atomic E-state index is 0.574. The smallest absolute Gasteiger partial charge is 0.119 e. The fourth-order valence-electron chi connectivity index (χ4n) is 1.74. The number of alkyl halides is 1. The van der Waals surface area contributed by atoms with E-state index in [0.717, 1.165) is 24.7 Å². The van der Waals surface area contributed by atoms with Crippen molar-refractivity contribution in [2.45, 2.75) is 38.4 Å². The second kappa shape index (κ2) is 6.95. The molecule has 0 bridgehead atoms. The Morgan fingerprint density at radius 1 is 1.19 bits per heavy atom. The summed E-state index contributed by atoms with van der Waals surface area (Å²) in [4.78, 5) is 0.574. The molecule has 0 aromatic heterocycles. The Kier molecular flexibility index (Phi) is 5.89. The predicted molar refractivity (Wildman–Crippen MR) is 73.5 cm³/mol. The Hall–Kier alpha value is -0.500. The largest absolute Gasteiger partial charge is 0.494 e. The van der Waals surface area contributed by atoms with Crippen molar-refractivity contribution in [3.8, 4) is 5.75 Å². The lowest BCUT2D eigenvalue weighted by molar-refractivity contribution is 0.340. The van der Waals surface area contributed by atoms with Crippen LogP contribution in [0.5, 0.6) is 5.75 Å². The van der Waals surface area contributed by atoms with Crippen LogP contribution in [0.15, 0.2) is 24.3 Å². The number of ether oxygens (including phenoxy) is 1. The van der Waals surface area contributed by atoms with E-state index in [0.29, 0.717) is 4.83 Å². The zero-order valence-corrected chi connectivity index (χ0v) is 12.0. The maximum Gasteiger partial charge on any atom is 0.119 e. The van der Waals surface area contributed by atoms with Crippen LogP contribution in [0.2, 0.25) is 0 Å². The molecule has 1 aromatic rings. The summed E-state index contributed by atoms with van der Waals surface area (Å²) < 4.78 is 5.42. The van der Waals surface area contributed by atoms with Crippen molar-refractivity contribution in [1.29, 1.82) is 0 Å². The van der Waals surface area contributed by atoms with Crippen LogP contribution in [-0.4, -0.2) is 11.4 Å². The Morgan fingerprint density at radius 2 is 1.81 bits per heavy atom. The Labute approximate surface area is 107 Å². The third-order valence-corrected chi connectivity index (χ3v) is 3.12. The van der Waals surface area contributed by atoms with E-state index in [2.05, 4.69) is 41.9 Å². The molecule has 1 rings (SSSR count). The zero-order valence-electron chi connectivity index (χ0n) is 10.4. The van der Waals surface area contributed by atoms with E-state index < -0.39 is 0 Å². The molecule has 90 valence electrons. The van der Waals surface area contributed by atoms with Gasteiger partial charge >= 0.3 is 0 Å². The summed E-state index contributed by atoms with van der Waals surface area (Å²) in [5.41, 5.74) is 1.37. The van der Waals surface area contributed by atoms with Crippen molar-refractivity contribution >= 4 is 15.9 Å². The Bertz CT molecular complexity index is 292. The van der Waals surface area contributed by atoms with Crippen molar-refractivity contribution < 1.29 is 4.74 Å². The van der Waals surface area contributed by atoms with Crippen LogP contribution in [0.25, 0.3) is 0 Å². The van der Waals surface area contributed by atoms with Gasteiger partial charge in [0.25, 0.3) is 0 Å². The molecular formula is C14H21BrO. The summed E-state index contributed by atoms with van der Waals surface area (Å²) in [5.74, 6) is 1.70. The average Bonchev–Trinajstić information content (AvgIpc) is 2.20. The third-order valence-electron chi connectivity index (χ3n) is 2.42. The van der Waals surface area contributed by atoms with Gasteiger partial charge in [-0.05, 0) is 43.4 Å². The van der Waals surface area contributed by atoms with Gasteiger partial charge < -0.3 is 4.74 Å². The van der Waals surface area contributed by atoms with Crippen LogP contribution >= 0.6 is 15.9 Å². The maximum atomic E-state index is 5.42. The molecule has 0 amide bonds. The monoisotopic (exact) mass is 284 g/mol. The first-order valence-corrected chi connectivity index (χ1v) is 6.89. The lowest BCUT2D eigenvalue weighted by Gasteiger charge is -2.12. The molecule has 1 atom stereocenters. The van der Waals surface area contributed by atoms with Gasteiger partial charge in [-0.3, -0.25) is 0 Å². The highest BCUT2D eigenvalue weighted by molar-refractivity contribution is 9.09. The molecular weight excluding hydrogens is 264 g/mol. The van der Waals surface area contributed by atoms with Crippen LogP contribution in [0.3, 0.4) is 0 Å². The van der Waals surface area contributed by atoms with Crippen LogP contribution in [0.1, 0.15) is 32.8 Å². The van der Waals surface area contributed by atoms with Gasteiger partial charge in [0, 0.05) is 4.83 Å². The Balaban J connectivity index is 2.48. The molecule has 0 aliphatic carbocycles. The molecule has 1 aromatic carbocycles. The lowest BCUT2D eigenvalue weighted by Crippen LogP contribution is -2.06. The molecule has 0 saturated heterocycles. The lowest BCUT2D eigenvalue weighted by atomic mass is 10.0. The van der Waals surface area contributed by atoms with Crippen molar-refractivity contribution in [2.24, 2.45) is 5.92 Å². The normalized spacial score (nSPS) is 12.8.